The van der Waals surface area contributed by atoms with Crippen molar-refractivity contribution in [1.29, 1.82) is 5.26 Å². The lowest BCUT2D eigenvalue weighted by Crippen LogP contribution is -2.41. The van der Waals surface area contributed by atoms with Crippen LogP contribution in [-0.2, 0) is 4.74 Å². The van der Waals surface area contributed by atoms with Crippen LogP contribution < -0.4 is 5.32 Å². The summed E-state index contributed by atoms with van der Waals surface area (Å²) < 4.78 is 5.30. The minimum Gasteiger partial charge on any atom is -0.379 e. The molecule has 4 heteroatoms. The van der Waals surface area contributed by atoms with Gasteiger partial charge in [-0.25, -0.2) is 0 Å². The molecule has 0 aromatic heterocycles. The van der Waals surface area contributed by atoms with E-state index in [1.54, 1.807) is 0 Å². The Balaban J connectivity index is 1.53. The van der Waals surface area contributed by atoms with Gasteiger partial charge in [0.2, 0.25) is 0 Å². The van der Waals surface area contributed by atoms with E-state index in [2.05, 4.69) is 16.3 Å². The van der Waals surface area contributed by atoms with Gasteiger partial charge in [0.05, 0.1) is 19.3 Å². The van der Waals surface area contributed by atoms with Gasteiger partial charge in [0, 0.05) is 39.1 Å². The Kier molecular flexibility index (Phi) is 4.16. The van der Waals surface area contributed by atoms with Crippen molar-refractivity contribution in [3.05, 3.63) is 0 Å². The highest BCUT2D eigenvalue weighted by molar-refractivity contribution is 5.00. The second-order valence-corrected chi connectivity index (χ2v) is 4.97. The molecule has 0 unspecified atom stereocenters. The quantitative estimate of drug-likeness (QED) is 0.670. The van der Waals surface area contributed by atoms with E-state index >= 15 is 0 Å². The van der Waals surface area contributed by atoms with Crippen LogP contribution in [0.4, 0.5) is 0 Å². The SMILES string of the molecule is N#CCC1(CNCCN2CCOCC2)CC1. The van der Waals surface area contributed by atoms with E-state index in [9.17, 15) is 0 Å². The zero-order chi connectivity index (χ0) is 11.3. The third-order valence-electron chi connectivity index (χ3n) is 3.62. The van der Waals surface area contributed by atoms with Crippen molar-refractivity contribution in [1.82, 2.24) is 10.2 Å². The summed E-state index contributed by atoms with van der Waals surface area (Å²) in [7, 11) is 0. The Hall–Kier alpha value is -0.630. The molecule has 1 heterocycles. The largest absolute Gasteiger partial charge is 0.379 e. The summed E-state index contributed by atoms with van der Waals surface area (Å²) >= 11 is 0. The van der Waals surface area contributed by atoms with Gasteiger partial charge in [-0.3, -0.25) is 4.90 Å². The predicted molar refractivity (Wildman–Crippen MR) is 62.0 cm³/mol. The molecule has 0 aromatic carbocycles. The Morgan fingerprint density at radius 3 is 2.69 bits per heavy atom. The van der Waals surface area contributed by atoms with Gasteiger partial charge in [0.15, 0.2) is 0 Å². The average Bonchev–Trinajstić information content (AvgIpc) is 3.07. The number of nitriles is 1. The molecule has 1 aliphatic carbocycles. The van der Waals surface area contributed by atoms with Gasteiger partial charge in [-0.1, -0.05) is 0 Å². The zero-order valence-electron chi connectivity index (χ0n) is 9.87. The third-order valence-corrected chi connectivity index (χ3v) is 3.62. The number of hydrogen-bond donors (Lipinski definition) is 1. The smallest absolute Gasteiger partial charge is 0.0628 e. The summed E-state index contributed by atoms with van der Waals surface area (Å²) in [6.45, 7) is 7.02. The molecule has 0 radical (unpaired) electrons. The summed E-state index contributed by atoms with van der Waals surface area (Å²) in [6, 6.07) is 2.29. The molecule has 16 heavy (non-hydrogen) atoms. The predicted octanol–water partition coefficient (Wildman–Crippen LogP) is 0.602. The highest BCUT2D eigenvalue weighted by atomic mass is 16.5. The van der Waals surface area contributed by atoms with Crippen molar-refractivity contribution in [2.45, 2.75) is 19.3 Å². The average molecular weight is 223 g/mol. The maximum absolute atomic E-state index is 8.70. The van der Waals surface area contributed by atoms with E-state index in [0.29, 0.717) is 5.41 Å². The van der Waals surface area contributed by atoms with Crippen molar-refractivity contribution in [2.24, 2.45) is 5.41 Å². The van der Waals surface area contributed by atoms with Crippen LogP contribution in [0.1, 0.15) is 19.3 Å². The fourth-order valence-electron chi connectivity index (χ4n) is 2.18. The molecule has 0 bridgehead atoms. The van der Waals surface area contributed by atoms with Crippen LogP contribution in [0, 0.1) is 16.7 Å². The Morgan fingerprint density at radius 1 is 1.31 bits per heavy atom. The Labute approximate surface area is 97.6 Å². The van der Waals surface area contributed by atoms with E-state index in [-0.39, 0.29) is 0 Å². The van der Waals surface area contributed by atoms with Crippen LogP contribution in [0.25, 0.3) is 0 Å². The number of nitrogens with zero attached hydrogens (tertiary/aromatic N) is 2. The monoisotopic (exact) mass is 223 g/mol. The van der Waals surface area contributed by atoms with Crippen molar-refractivity contribution < 1.29 is 4.74 Å². The normalized spacial score (nSPS) is 23.9. The van der Waals surface area contributed by atoms with Crippen molar-refractivity contribution in [2.75, 3.05) is 45.9 Å². The molecule has 2 aliphatic rings. The van der Waals surface area contributed by atoms with Crippen LogP contribution >= 0.6 is 0 Å². The first-order valence-corrected chi connectivity index (χ1v) is 6.22. The number of ether oxygens (including phenoxy) is 1. The maximum Gasteiger partial charge on any atom is 0.0628 e. The minimum atomic E-state index is 0.333. The van der Waals surface area contributed by atoms with Crippen LogP contribution in [0.5, 0.6) is 0 Å². The first-order chi connectivity index (χ1) is 7.85. The Morgan fingerprint density at radius 2 is 2.06 bits per heavy atom. The van der Waals surface area contributed by atoms with Gasteiger partial charge in [0.25, 0.3) is 0 Å². The van der Waals surface area contributed by atoms with E-state index in [4.69, 9.17) is 10.00 Å². The lowest BCUT2D eigenvalue weighted by molar-refractivity contribution is 0.0383. The van der Waals surface area contributed by atoms with E-state index in [0.717, 1.165) is 52.4 Å². The number of hydrogen-bond acceptors (Lipinski definition) is 4. The van der Waals surface area contributed by atoms with Gasteiger partial charge >= 0.3 is 0 Å². The first kappa shape index (κ1) is 11.8. The van der Waals surface area contributed by atoms with Crippen LogP contribution in [-0.4, -0.2) is 50.8 Å². The molecule has 0 amide bonds. The summed E-state index contributed by atoms with van der Waals surface area (Å²) in [4.78, 5) is 2.43. The molecule has 1 saturated carbocycles. The molecule has 4 nitrogen and oxygen atoms in total. The molecule has 0 spiro atoms. The highest BCUT2D eigenvalue weighted by Crippen LogP contribution is 2.47. The lowest BCUT2D eigenvalue weighted by atomic mass is 10.0. The highest BCUT2D eigenvalue weighted by Gasteiger charge is 2.41. The summed E-state index contributed by atoms with van der Waals surface area (Å²) in [5, 5.41) is 12.2. The number of morpholine rings is 1. The topological polar surface area (TPSA) is 48.3 Å². The summed E-state index contributed by atoms with van der Waals surface area (Å²) in [5.74, 6) is 0. The van der Waals surface area contributed by atoms with Crippen molar-refractivity contribution >= 4 is 0 Å². The molecule has 1 N–H and O–H groups in total. The summed E-state index contributed by atoms with van der Waals surface area (Å²) in [5.41, 5.74) is 0.333. The second kappa shape index (κ2) is 5.62. The molecule has 0 aromatic rings. The molecule has 90 valence electrons. The van der Waals surface area contributed by atoms with Crippen molar-refractivity contribution in [3.63, 3.8) is 0 Å². The van der Waals surface area contributed by atoms with Gasteiger partial charge in [-0.15, -0.1) is 0 Å². The Bertz CT molecular complexity index is 251. The molecular formula is C12H21N3O. The lowest BCUT2D eigenvalue weighted by Gasteiger charge is -2.26. The van der Waals surface area contributed by atoms with E-state index < -0.39 is 0 Å². The standard InChI is InChI=1S/C12H21N3O/c13-4-3-12(1-2-12)11-14-5-6-15-7-9-16-10-8-15/h14H,1-3,5-11H2. The molecule has 2 fully saturated rings. The zero-order valence-corrected chi connectivity index (χ0v) is 9.87. The molecule has 0 atom stereocenters. The van der Waals surface area contributed by atoms with E-state index in [1.807, 2.05) is 0 Å². The first-order valence-electron chi connectivity index (χ1n) is 6.22. The van der Waals surface area contributed by atoms with Crippen molar-refractivity contribution in [3.8, 4) is 6.07 Å². The molecule has 2 rings (SSSR count). The van der Waals surface area contributed by atoms with Crippen LogP contribution in [0.2, 0.25) is 0 Å². The number of nitrogens with one attached hydrogen (secondary N) is 1. The second-order valence-electron chi connectivity index (χ2n) is 4.97. The van der Waals surface area contributed by atoms with E-state index in [1.165, 1.54) is 12.8 Å². The molecular weight excluding hydrogens is 202 g/mol. The number of rotatable bonds is 6. The van der Waals surface area contributed by atoms with Gasteiger partial charge < -0.3 is 10.1 Å². The van der Waals surface area contributed by atoms with Crippen LogP contribution in [0.3, 0.4) is 0 Å². The fraction of sp³-hybridized carbons (Fsp3) is 0.917. The fourth-order valence-corrected chi connectivity index (χ4v) is 2.18. The summed E-state index contributed by atoms with van der Waals surface area (Å²) in [6.07, 6.45) is 3.17. The van der Waals surface area contributed by atoms with Gasteiger partial charge in [0.1, 0.15) is 0 Å². The van der Waals surface area contributed by atoms with Gasteiger partial charge in [-0.05, 0) is 18.3 Å². The van der Waals surface area contributed by atoms with Gasteiger partial charge in [-0.2, -0.15) is 5.26 Å². The maximum atomic E-state index is 8.70. The van der Waals surface area contributed by atoms with Crippen LogP contribution in [0.15, 0.2) is 0 Å². The third kappa shape index (κ3) is 3.44. The molecule has 1 aliphatic heterocycles. The molecule has 1 saturated heterocycles. The minimum absolute atomic E-state index is 0.333.